The van der Waals surface area contributed by atoms with E-state index in [4.69, 9.17) is 10.2 Å². The molecular weight excluding hydrogens is 236 g/mol. The molecule has 1 amide bonds. The summed E-state index contributed by atoms with van der Waals surface area (Å²) < 4.78 is 4.92. The number of nitrogens with two attached hydrogens (primary N) is 1. The van der Waals surface area contributed by atoms with Crippen LogP contribution in [0.15, 0.2) is 41.4 Å². The second kappa shape index (κ2) is 5.00. The number of primary amides is 1. The van der Waals surface area contributed by atoms with Crippen molar-refractivity contribution >= 4 is 17.5 Å². The van der Waals surface area contributed by atoms with E-state index in [1.807, 2.05) is 0 Å². The molecule has 2 heterocycles. The Morgan fingerprint density at radius 3 is 3.00 bits per heavy atom. The summed E-state index contributed by atoms with van der Waals surface area (Å²) in [5, 5.41) is 2.68. The summed E-state index contributed by atoms with van der Waals surface area (Å²) in [6.45, 7) is 0. The fourth-order valence-electron chi connectivity index (χ4n) is 1.29. The molecule has 7 heteroatoms. The molecular formula is C11H10N4O3. The molecule has 2 aromatic heterocycles. The van der Waals surface area contributed by atoms with Crippen LogP contribution in [0.2, 0.25) is 0 Å². The maximum atomic E-state index is 11.5. The molecule has 0 unspecified atom stereocenters. The highest BCUT2D eigenvalue weighted by Crippen LogP contribution is 2.08. The smallest absolute Gasteiger partial charge is 0.269 e. The van der Waals surface area contributed by atoms with E-state index in [0.717, 1.165) is 0 Å². The lowest BCUT2D eigenvalue weighted by molar-refractivity contribution is 0.0994. The number of nitrogens with zero attached hydrogens (tertiary/aromatic N) is 1. The standard InChI is InChI=1S/C11H10N4O3/c12-10(17)9-11(15-6-14-9)13-4-3-7(16)8-2-1-5-18-8/h1-6,13H,(H2,12,17)(H,14,15). The number of hydrogen-bond acceptors (Lipinski definition) is 5. The number of anilines is 1. The molecule has 2 rings (SSSR count). The number of aromatic nitrogens is 2. The lowest BCUT2D eigenvalue weighted by Crippen LogP contribution is -2.13. The van der Waals surface area contributed by atoms with Crippen molar-refractivity contribution in [2.24, 2.45) is 5.73 Å². The van der Waals surface area contributed by atoms with Gasteiger partial charge in [0, 0.05) is 12.3 Å². The van der Waals surface area contributed by atoms with Gasteiger partial charge in [0.25, 0.3) is 5.91 Å². The number of rotatable bonds is 5. The van der Waals surface area contributed by atoms with Gasteiger partial charge in [-0.1, -0.05) is 0 Å². The third-order valence-electron chi connectivity index (χ3n) is 2.10. The van der Waals surface area contributed by atoms with E-state index in [-0.39, 0.29) is 23.1 Å². The minimum Gasteiger partial charge on any atom is -0.461 e. The molecule has 7 nitrogen and oxygen atoms in total. The Morgan fingerprint density at radius 1 is 1.50 bits per heavy atom. The third kappa shape index (κ3) is 2.46. The molecule has 0 saturated heterocycles. The molecule has 4 N–H and O–H groups in total. The molecule has 2 aromatic rings. The van der Waals surface area contributed by atoms with Gasteiger partial charge in [-0.15, -0.1) is 0 Å². The zero-order valence-corrected chi connectivity index (χ0v) is 9.21. The lowest BCUT2D eigenvalue weighted by atomic mass is 10.3. The number of nitrogens with one attached hydrogen (secondary N) is 2. The predicted octanol–water partition coefficient (Wildman–Crippen LogP) is 0.910. The van der Waals surface area contributed by atoms with Crippen LogP contribution in [0.25, 0.3) is 0 Å². The van der Waals surface area contributed by atoms with Gasteiger partial charge in [-0.25, -0.2) is 4.98 Å². The van der Waals surface area contributed by atoms with Crippen LogP contribution in [0.1, 0.15) is 21.0 Å². The summed E-state index contributed by atoms with van der Waals surface area (Å²) >= 11 is 0. The fourth-order valence-corrected chi connectivity index (χ4v) is 1.29. The summed E-state index contributed by atoms with van der Waals surface area (Å²) in [7, 11) is 0. The van der Waals surface area contributed by atoms with E-state index in [2.05, 4.69) is 15.3 Å². The zero-order valence-electron chi connectivity index (χ0n) is 9.21. The van der Waals surface area contributed by atoms with E-state index in [0.29, 0.717) is 0 Å². The van der Waals surface area contributed by atoms with Crippen LogP contribution < -0.4 is 11.1 Å². The van der Waals surface area contributed by atoms with Gasteiger partial charge in [0.1, 0.15) is 5.69 Å². The van der Waals surface area contributed by atoms with Crippen LogP contribution in [0.3, 0.4) is 0 Å². The molecule has 0 aliphatic heterocycles. The number of carbonyl (C=O) groups excluding carboxylic acids is 2. The Balaban J connectivity index is 2.01. The number of amides is 1. The number of imidazole rings is 1. The first-order valence-electron chi connectivity index (χ1n) is 5.02. The Morgan fingerprint density at radius 2 is 2.33 bits per heavy atom. The molecule has 0 spiro atoms. The first kappa shape index (κ1) is 11.6. The van der Waals surface area contributed by atoms with E-state index >= 15 is 0 Å². The van der Waals surface area contributed by atoms with Gasteiger partial charge in [-0.05, 0) is 12.1 Å². The number of carbonyl (C=O) groups is 2. The van der Waals surface area contributed by atoms with Gasteiger partial charge in [0.05, 0.1) is 12.6 Å². The van der Waals surface area contributed by atoms with Crippen molar-refractivity contribution in [1.29, 1.82) is 0 Å². The monoisotopic (exact) mass is 246 g/mol. The average molecular weight is 246 g/mol. The van der Waals surface area contributed by atoms with Crippen molar-refractivity contribution in [3.63, 3.8) is 0 Å². The molecule has 0 atom stereocenters. The topological polar surface area (TPSA) is 114 Å². The van der Waals surface area contributed by atoms with Crippen LogP contribution >= 0.6 is 0 Å². The van der Waals surface area contributed by atoms with Crippen molar-refractivity contribution in [1.82, 2.24) is 9.97 Å². The summed E-state index contributed by atoms with van der Waals surface area (Å²) in [4.78, 5) is 28.9. The molecule has 0 bridgehead atoms. The minimum atomic E-state index is -0.638. The molecule has 0 saturated carbocycles. The third-order valence-corrected chi connectivity index (χ3v) is 2.10. The van der Waals surface area contributed by atoms with E-state index < -0.39 is 5.91 Å². The maximum absolute atomic E-state index is 11.5. The van der Waals surface area contributed by atoms with Gasteiger partial charge in [0.2, 0.25) is 5.78 Å². The molecule has 0 aliphatic rings. The van der Waals surface area contributed by atoms with Gasteiger partial charge in [-0.3, -0.25) is 9.59 Å². The largest absolute Gasteiger partial charge is 0.461 e. The van der Waals surface area contributed by atoms with Crippen molar-refractivity contribution in [2.75, 3.05) is 5.32 Å². The van der Waals surface area contributed by atoms with E-state index in [9.17, 15) is 9.59 Å². The van der Waals surface area contributed by atoms with Gasteiger partial charge in [0.15, 0.2) is 11.6 Å². The second-order valence-electron chi connectivity index (χ2n) is 3.31. The predicted molar refractivity (Wildman–Crippen MR) is 62.9 cm³/mol. The number of furan rings is 1. The summed E-state index contributed by atoms with van der Waals surface area (Å²) in [6, 6.07) is 3.17. The minimum absolute atomic E-state index is 0.144. The first-order valence-corrected chi connectivity index (χ1v) is 5.02. The Kier molecular flexibility index (Phi) is 3.24. The van der Waals surface area contributed by atoms with Crippen molar-refractivity contribution in [2.45, 2.75) is 0 Å². The first-order chi connectivity index (χ1) is 8.68. The summed E-state index contributed by atoms with van der Waals surface area (Å²) in [5.74, 6) is -0.458. The molecule has 0 aromatic carbocycles. The average Bonchev–Trinajstić information content (AvgIpc) is 2.99. The molecule has 18 heavy (non-hydrogen) atoms. The quantitative estimate of drug-likeness (QED) is 0.536. The number of aromatic amines is 1. The summed E-state index contributed by atoms with van der Waals surface area (Å²) in [5.41, 5.74) is 5.26. The normalized spacial score (nSPS) is 10.7. The highest BCUT2D eigenvalue weighted by molar-refractivity contribution is 6.02. The highest BCUT2D eigenvalue weighted by atomic mass is 16.3. The lowest BCUT2D eigenvalue weighted by Gasteiger charge is -1.97. The molecule has 92 valence electrons. The van der Waals surface area contributed by atoms with E-state index in [1.165, 1.54) is 24.9 Å². The molecule has 0 radical (unpaired) electrons. The number of ketones is 1. The van der Waals surface area contributed by atoms with Crippen LogP contribution in [0.4, 0.5) is 5.82 Å². The SMILES string of the molecule is NC(=O)c1[nH]cnc1NC=CC(=O)c1ccco1. The number of hydrogen-bond donors (Lipinski definition) is 3. The zero-order chi connectivity index (χ0) is 13.0. The second-order valence-corrected chi connectivity index (χ2v) is 3.31. The van der Waals surface area contributed by atoms with E-state index in [1.54, 1.807) is 12.1 Å². The molecule has 0 fully saturated rings. The van der Waals surface area contributed by atoms with Gasteiger partial charge >= 0.3 is 0 Å². The number of H-pyrrole nitrogens is 1. The maximum Gasteiger partial charge on any atom is 0.269 e. The Hall–Kier alpha value is -2.83. The van der Waals surface area contributed by atoms with Crippen molar-refractivity contribution in [3.8, 4) is 0 Å². The fraction of sp³-hybridized carbons (Fsp3) is 0. The van der Waals surface area contributed by atoms with Gasteiger partial charge in [-0.2, -0.15) is 0 Å². The van der Waals surface area contributed by atoms with Crippen molar-refractivity contribution in [3.05, 3.63) is 48.5 Å². The Labute approximate surface area is 102 Å². The van der Waals surface area contributed by atoms with Gasteiger partial charge < -0.3 is 20.5 Å². The summed E-state index contributed by atoms with van der Waals surface area (Å²) in [6.07, 6.45) is 5.35. The Bertz CT molecular complexity index is 583. The molecule has 0 aliphatic carbocycles. The van der Waals surface area contributed by atoms with Crippen LogP contribution in [-0.4, -0.2) is 21.7 Å². The van der Waals surface area contributed by atoms with Crippen molar-refractivity contribution < 1.29 is 14.0 Å². The number of allylic oxidation sites excluding steroid dienone is 1. The van der Waals surface area contributed by atoms with Crippen LogP contribution in [-0.2, 0) is 0 Å². The van der Waals surface area contributed by atoms with Crippen LogP contribution in [0, 0.1) is 0 Å². The van der Waals surface area contributed by atoms with Crippen LogP contribution in [0.5, 0.6) is 0 Å². The highest BCUT2D eigenvalue weighted by Gasteiger charge is 2.09.